The van der Waals surface area contributed by atoms with Gasteiger partial charge in [-0.05, 0) is 23.9 Å². The molecule has 0 heterocycles. The Labute approximate surface area is 106 Å². The second-order valence-corrected chi connectivity index (χ2v) is 11.1. The molecule has 1 aromatic carbocycles. The highest BCUT2D eigenvalue weighted by Crippen LogP contribution is 2.28. The van der Waals surface area contributed by atoms with E-state index in [1.165, 1.54) is 5.56 Å². The minimum atomic E-state index is -1.36. The molecule has 1 nitrogen and oxygen atoms in total. The molecule has 0 saturated heterocycles. The SMILES string of the molecule is C=C[C@@H]([C@@H](O)CCc1ccccc1)[Si](C)(C)C. The molecule has 0 bridgehead atoms. The maximum Gasteiger partial charge on any atom is 0.0581 e. The van der Waals surface area contributed by atoms with E-state index >= 15 is 0 Å². The van der Waals surface area contributed by atoms with Crippen LogP contribution in [0.3, 0.4) is 0 Å². The third kappa shape index (κ3) is 4.48. The molecule has 0 fully saturated rings. The van der Waals surface area contributed by atoms with Gasteiger partial charge in [0.1, 0.15) is 0 Å². The van der Waals surface area contributed by atoms with Crippen molar-refractivity contribution in [2.24, 2.45) is 0 Å². The Kier molecular flexibility index (Phi) is 5.16. The van der Waals surface area contributed by atoms with E-state index in [2.05, 4.69) is 38.4 Å². The zero-order valence-corrected chi connectivity index (χ0v) is 12.2. The van der Waals surface area contributed by atoms with Crippen LogP contribution in [0.1, 0.15) is 12.0 Å². The summed E-state index contributed by atoms with van der Waals surface area (Å²) in [5.41, 5.74) is 1.58. The molecule has 0 unspecified atom stereocenters. The molecule has 2 atom stereocenters. The Bertz CT molecular complexity index is 340. The van der Waals surface area contributed by atoms with E-state index in [1.54, 1.807) is 0 Å². The molecule has 0 aliphatic heterocycles. The van der Waals surface area contributed by atoms with E-state index in [4.69, 9.17) is 0 Å². The molecular weight excluding hydrogens is 224 g/mol. The normalized spacial score (nSPS) is 15.3. The van der Waals surface area contributed by atoms with Crippen molar-refractivity contribution in [3.05, 3.63) is 48.6 Å². The van der Waals surface area contributed by atoms with Crippen LogP contribution in [-0.4, -0.2) is 19.3 Å². The molecule has 0 aliphatic rings. The summed E-state index contributed by atoms with van der Waals surface area (Å²) in [4.78, 5) is 0. The van der Waals surface area contributed by atoms with E-state index in [9.17, 15) is 5.11 Å². The minimum absolute atomic E-state index is 0.251. The highest BCUT2D eigenvalue weighted by molar-refractivity contribution is 6.78. The van der Waals surface area contributed by atoms with Gasteiger partial charge in [0.2, 0.25) is 0 Å². The molecule has 17 heavy (non-hydrogen) atoms. The lowest BCUT2D eigenvalue weighted by Gasteiger charge is -2.30. The minimum Gasteiger partial charge on any atom is -0.393 e. The van der Waals surface area contributed by atoms with Crippen LogP contribution in [0.2, 0.25) is 25.2 Å². The lowest BCUT2D eigenvalue weighted by molar-refractivity contribution is 0.166. The van der Waals surface area contributed by atoms with Crippen molar-refractivity contribution < 1.29 is 5.11 Å². The molecule has 1 N–H and O–H groups in total. The summed E-state index contributed by atoms with van der Waals surface area (Å²) in [5, 5.41) is 10.3. The molecule has 0 saturated carbocycles. The number of aryl methyl sites for hydroxylation is 1. The molecule has 0 aromatic heterocycles. The Morgan fingerprint density at radius 3 is 2.29 bits per heavy atom. The second-order valence-electron chi connectivity index (χ2n) is 5.72. The maximum absolute atomic E-state index is 10.3. The summed E-state index contributed by atoms with van der Waals surface area (Å²) in [6.45, 7) is 10.7. The fraction of sp³-hybridized carbons (Fsp3) is 0.467. The van der Waals surface area contributed by atoms with Crippen LogP contribution >= 0.6 is 0 Å². The smallest absolute Gasteiger partial charge is 0.0581 e. The average Bonchev–Trinajstić information content (AvgIpc) is 2.27. The van der Waals surface area contributed by atoms with Crippen molar-refractivity contribution in [1.29, 1.82) is 0 Å². The van der Waals surface area contributed by atoms with Crippen LogP contribution in [0.5, 0.6) is 0 Å². The summed E-state index contributed by atoms with van der Waals surface area (Å²) in [6, 6.07) is 10.3. The van der Waals surface area contributed by atoms with Gasteiger partial charge in [-0.2, -0.15) is 0 Å². The second kappa shape index (κ2) is 6.17. The topological polar surface area (TPSA) is 20.2 Å². The number of rotatable bonds is 6. The Hall–Kier alpha value is -0.863. The monoisotopic (exact) mass is 248 g/mol. The Balaban J connectivity index is 2.54. The van der Waals surface area contributed by atoms with Gasteiger partial charge in [0.05, 0.1) is 14.2 Å². The zero-order chi connectivity index (χ0) is 12.9. The summed E-state index contributed by atoms with van der Waals surface area (Å²) in [7, 11) is -1.36. The molecule has 0 spiro atoms. The molecule has 0 radical (unpaired) electrons. The number of aliphatic hydroxyl groups is 1. The first-order valence-corrected chi connectivity index (χ1v) is 9.87. The highest BCUT2D eigenvalue weighted by Gasteiger charge is 2.29. The fourth-order valence-corrected chi connectivity index (χ4v) is 4.25. The highest BCUT2D eigenvalue weighted by atomic mass is 28.3. The van der Waals surface area contributed by atoms with E-state index in [-0.39, 0.29) is 11.6 Å². The number of aliphatic hydroxyl groups excluding tert-OH is 1. The third-order valence-corrected chi connectivity index (χ3v) is 5.86. The van der Waals surface area contributed by atoms with Gasteiger partial charge >= 0.3 is 0 Å². The number of benzene rings is 1. The van der Waals surface area contributed by atoms with Gasteiger partial charge in [-0.25, -0.2) is 0 Å². The van der Waals surface area contributed by atoms with Gasteiger partial charge in [-0.3, -0.25) is 0 Å². The quantitative estimate of drug-likeness (QED) is 0.598. The van der Waals surface area contributed by atoms with Crippen molar-refractivity contribution in [1.82, 2.24) is 0 Å². The van der Waals surface area contributed by atoms with Gasteiger partial charge in [-0.15, -0.1) is 6.58 Å². The standard InChI is InChI=1S/C15H24OSi/c1-5-15(17(2,3)4)14(16)12-11-13-9-7-6-8-10-13/h5-10,14-16H,1,11-12H2,2-4H3/t14-,15-/m0/s1. The van der Waals surface area contributed by atoms with Crippen LogP contribution in [0.25, 0.3) is 0 Å². The molecule has 0 aliphatic carbocycles. The summed E-state index contributed by atoms with van der Waals surface area (Å²) in [6.07, 6.45) is 3.46. The Morgan fingerprint density at radius 2 is 1.82 bits per heavy atom. The zero-order valence-electron chi connectivity index (χ0n) is 11.2. The fourth-order valence-electron chi connectivity index (χ4n) is 2.23. The lowest BCUT2D eigenvalue weighted by Crippen LogP contribution is -2.35. The first kappa shape index (κ1) is 14.2. The van der Waals surface area contributed by atoms with E-state index in [0.29, 0.717) is 0 Å². The summed E-state index contributed by atoms with van der Waals surface area (Å²) in [5.74, 6) is 0. The molecular formula is C15H24OSi. The number of hydrogen-bond donors (Lipinski definition) is 1. The van der Waals surface area contributed by atoms with Crippen molar-refractivity contribution in [3.8, 4) is 0 Å². The van der Waals surface area contributed by atoms with E-state index in [0.717, 1.165) is 12.8 Å². The van der Waals surface area contributed by atoms with Crippen molar-refractivity contribution in [2.45, 2.75) is 44.1 Å². The third-order valence-electron chi connectivity index (χ3n) is 3.24. The predicted molar refractivity (Wildman–Crippen MR) is 78.1 cm³/mol. The van der Waals surface area contributed by atoms with Gasteiger partial charge in [0, 0.05) is 0 Å². The average molecular weight is 248 g/mol. The van der Waals surface area contributed by atoms with Gasteiger partial charge in [-0.1, -0.05) is 56.0 Å². The van der Waals surface area contributed by atoms with Crippen LogP contribution < -0.4 is 0 Å². The van der Waals surface area contributed by atoms with Crippen molar-refractivity contribution in [2.75, 3.05) is 0 Å². The molecule has 1 aromatic rings. The molecule has 1 rings (SSSR count). The van der Waals surface area contributed by atoms with Gasteiger partial charge in [0.25, 0.3) is 0 Å². The first-order valence-electron chi connectivity index (χ1n) is 6.29. The molecule has 94 valence electrons. The van der Waals surface area contributed by atoms with Crippen LogP contribution in [0.4, 0.5) is 0 Å². The van der Waals surface area contributed by atoms with E-state index in [1.807, 2.05) is 24.3 Å². The van der Waals surface area contributed by atoms with Crippen LogP contribution in [0.15, 0.2) is 43.0 Å². The number of hydrogen-bond acceptors (Lipinski definition) is 1. The molecule has 2 heteroatoms. The van der Waals surface area contributed by atoms with Gasteiger partial charge < -0.3 is 5.11 Å². The van der Waals surface area contributed by atoms with Crippen LogP contribution in [0, 0.1) is 0 Å². The van der Waals surface area contributed by atoms with Crippen LogP contribution in [-0.2, 0) is 6.42 Å². The molecule has 0 amide bonds. The Morgan fingerprint density at radius 1 is 1.24 bits per heavy atom. The predicted octanol–water partition coefficient (Wildman–Crippen LogP) is 3.87. The first-order chi connectivity index (χ1) is 7.95. The maximum atomic E-state index is 10.3. The van der Waals surface area contributed by atoms with Crippen molar-refractivity contribution >= 4 is 8.07 Å². The van der Waals surface area contributed by atoms with Crippen molar-refractivity contribution in [3.63, 3.8) is 0 Å². The summed E-state index contributed by atoms with van der Waals surface area (Å²) >= 11 is 0. The van der Waals surface area contributed by atoms with E-state index < -0.39 is 8.07 Å². The lowest BCUT2D eigenvalue weighted by atomic mass is 10.0. The van der Waals surface area contributed by atoms with Gasteiger partial charge in [0.15, 0.2) is 0 Å². The summed E-state index contributed by atoms with van der Waals surface area (Å²) < 4.78 is 0. The largest absolute Gasteiger partial charge is 0.393 e.